The third-order valence-corrected chi connectivity index (χ3v) is 3.67. The zero-order valence-corrected chi connectivity index (χ0v) is 12.0. The number of nitrogens with one attached hydrogen (secondary N) is 1. The lowest BCUT2D eigenvalue weighted by Gasteiger charge is -2.11. The van der Waals surface area contributed by atoms with Gasteiger partial charge in [0.1, 0.15) is 6.10 Å². The highest BCUT2D eigenvalue weighted by Crippen LogP contribution is 2.24. The van der Waals surface area contributed by atoms with E-state index < -0.39 is 0 Å². The summed E-state index contributed by atoms with van der Waals surface area (Å²) < 4.78 is 6.41. The highest BCUT2D eigenvalue weighted by molar-refractivity contribution is 9.10. The SMILES string of the molecule is Cc1cc(NCCOC(C)C#N)cc(C)c1Br. The molecule has 1 rings (SSSR count). The molecule has 0 radical (unpaired) electrons. The number of hydrogen-bond donors (Lipinski definition) is 1. The van der Waals surface area contributed by atoms with Crippen LogP contribution < -0.4 is 5.32 Å². The summed E-state index contributed by atoms with van der Waals surface area (Å²) in [5.41, 5.74) is 3.49. The van der Waals surface area contributed by atoms with E-state index in [1.165, 1.54) is 11.1 Å². The molecule has 17 heavy (non-hydrogen) atoms. The first kappa shape index (κ1) is 14.0. The highest BCUT2D eigenvalue weighted by Gasteiger charge is 2.02. The lowest BCUT2D eigenvalue weighted by molar-refractivity contribution is 0.111. The fourth-order valence-electron chi connectivity index (χ4n) is 1.52. The van der Waals surface area contributed by atoms with Gasteiger partial charge in [0, 0.05) is 16.7 Å². The van der Waals surface area contributed by atoms with Gasteiger partial charge in [0.15, 0.2) is 0 Å². The molecule has 0 aliphatic heterocycles. The van der Waals surface area contributed by atoms with Gasteiger partial charge in [-0.1, -0.05) is 15.9 Å². The lowest BCUT2D eigenvalue weighted by Crippen LogP contribution is -2.14. The normalized spacial score (nSPS) is 11.9. The molecule has 0 aromatic heterocycles. The Morgan fingerprint density at radius 1 is 1.41 bits per heavy atom. The van der Waals surface area contributed by atoms with Crippen molar-refractivity contribution in [3.8, 4) is 6.07 Å². The van der Waals surface area contributed by atoms with Gasteiger partial charge in [-0.25, -0.2) is 0 Å². The van der Waals surface area contributed by atoms with Crippen LogP contribution in [0.4, 0.5) is 5.69 Å². The van der Waals surface area contributed by atoms with Crippen molar-refractivity contribution in [2.75, 3.05) is 18.5 Å². The van der Waals surface area contributed by atoms with Gasteiger partial charge < -0.3 is 10.1 Å². The van der Waals surface area contributed by atoms with Crippen LogP contribution in [0.5, 0.6) is 0 Å². The van der Waals surface area contributed by atoms with Crippen LogP contribution in [-0.2, 0) is 4.74 Å². The van der Waals surface area contributed by atoms with Crippen LogP contribution in [0.1, 0.15) is 18.1 Å². The second-order valence-electron chi connectivity index (χ2n) is 3.99. The van der Waals surface area contributed by atoms with E-state index in [9.17, 15) is 0 Å². The fourth-order valence-corrected chi connectivity index (χ4v) is 1.75. The Kier molecular flexibility index (Phi) is 5.46. The molecule has 1 aromatic rings. The van der Waals surface area contributed by atoms with Gasteiger partial charge in [-0.2, -0.15) is 5.26 Å². The molecule has 4 heteroatoms. The molecular weight excluding hydrogens is 280 g/mol. The number of hydrogen-bond acceptors (Lipinski definition) is 3. The van der Waals surface area contributed by atoms with Crippen molar-refractivity contribution in [3.05, 3.63) is 27.7 Å². The van der Waals surface area contributed by atoms with Crippen LogP contribution in [0.15, 0.2) is 16.6 Å². The van der Waals surface area contributed by atoms with Gasteiger partial charge in [0.2, 0.25) is 0 Å². The Morgan fingerprint density at radius 2 is 2.00 bits per heavy atom. The highest BCUT2D eigenvalue weighted by atomic mass is 79.9. The average molecular weight is 297 g/mol. The van der Waals surface area contributed by atoms with Crippen LogP contribution >= 0.6 is 15.9 Å². The van der Waals surface area contributed by atoms with E-state index >= 15 is 0 Å². The number of nitrogens with zero attached hydrogens (tertiary/aromatic N) is 1. The van der Waals surface area contributed by atoms with E-state index in [1.807, 2.05) is 6.07 Å². The number of nitriles is 1. The maximum absolute atomic E-state index is 8.55. The molecule has 92 valence electrons. The van der Waals surface area contributed by atoms with Crippen LogP contribution in [0.3, 0.4) is 0 Å². The zero-order valence-electron chi connectivity index (χ0n) is 10.4. The predicted molar refractivity (Wildman–Crippen MR) is 73.1 cm³/mol. The smallest absolute Gasteiger partial charge is 0.141 e. The molecule has 3 nitrogen and oxygen atoms in total. The zero-order chi connectivity index (χ0) is 12.8. The van der Waals surface area contributed by atoms with Gasteiger partial charge in [0.25, 0.3) is 0 Å². The minimum atomic E-state index is -0.342. The largest absolute Gasteiger partial charge is 0.383 e. The number of aryl methyl sites for hydroxylation is 2. The monoisotopic (exact) mass is 296 g/mol. The van der Waals surface area contributed by atoms with Gasteiger partial charge in [-0.3, -0.25) is 0 Å². The Morgan fingerprint density at radius 3 is 2.53 bits per heavy atom. The third kappa shape index (κ3) is 4.37. The van der Waals surface area contributed by atoms with Crippen molar-refractivity contribution in [1.29, 1.82) is 5.26 Å². The van der Waals surface area contributed by atoms with Gasteiger partial charge in [-0.05, 0) is 44.0 Å². The van der Waals surface area contributed by atoms with Crippen LogP contribution in [0.25, 0.3) is 0 Å². The molecule has 1 N–H and O–H groups in total. The number of ether oxygens (including phenoxy) is 1. The minimum Gasteiger partial charge on any atom is -0.383 e. The topological polar surface area (TPSA) is 45.0 Å². The van der Waals surface area contributed by atoms with E-state index in [0.717, 1.165) is 10.2 Å². The molecule has 1 aromatic carbocycles. The van der Waals surface area contributed by atoms with E-state index in [1.54, 1.807) is 6.92 Å². The number of rotatable bonds is 5. The Balaban J connectivity index is 2.45. The second-order valence-corrected chi connectivity index (χ2v) is 4.79. The summed E-state index contributed by atoms with van der Waals surface area (Å²) in [5, 5.41) is 11.8. The summed E-state index contributed by atoms with van der Waals surface area (Å²) in [6.07, 6.45) is -0.342. The molecule has 0 spiro atoms. The van der Waals surface area contributed by atoms with Crippen LogP contribution in [0, 0.1) is 25.2 Å². The van der Waals surface area contributed by atoms with Crippen LogP contribution in [0.2, 0.25) is 0 Å². The average Bonchev–Trinajstić information content (AvgIpc) is 2.31. The first-order chi connectivity index (χ1) is 8.04. The van der Waals surface area contributed by atoms with Gasteiger partial charge >= 0.3 is 0 Å². The minimum absolute atomic E-state index is 0.342. The van der Waals surface area contributed by atoms with E-state index in [0.29, 0.717) is 13.2 Å². The maximum Gasteiger partial charge on any atom is 0.141 e. The van der Waals surface area contributed by atoms with Crippen LogP contribution in [-0.4, -0.2) is 19.3 Å². The molecule has 0 bridgehead atoms. The van der Waals surface area contributed by atoms with Crippen molar-refractivity contribution < 1.29 is 4.74 Å². The first-order valence-corrected chi connectivity index (χ1v) is 6.35. The molecule has 0 fully saturated rings. The molecule has 1 atom stereocenters. The molecule has 0 aliphatic carbocycles. The molecule has 0 saturated carbocycles. The molecule has 1 unspecified atom stereocenters. The summed E-state index contributed by atoms with van der Waals surface area (Å²) >= 11 is 3.53. The summed E-state index contributed by atoms with van der Waals surface area (Å²) in [6.45, 7) is 7.11. The first-order valence-electron chi connectivity index (χ1n) is 5.56. The molecule has 0 heterocycles. The molecular formula is C13H17BrN2O. The predicted octanol–water partition coefficient (Wildman–Crippen LogP) is 3.41. The third-order valence-electron chi connectivity index (χ3n) is 2.42. The lowest BCUT2D eigenvalue weighted by atomic mass is 10.1. The summed E-state index contributed by atoms with van der Waals surface area (Å²) in [4.78, 5) is 0. The Bertz CT molecular complexity index is 403. The van der Waals surface area contributed by atoms with Crippen molar-refractivity contribution >= 4 is 21.6 Å². The molecule has 0 saturated heterocycles. The summed E-state index contributed by atoms with van der Waals surface area (Å²) in [7, 11) is 0. The van der Waals surface area contributed by atoms with E-state index in [-0.39, 0.29) is 6.10 Å². The quantitative estimate of drug-likeness (QED) is 0.847. The van der Waals surface area contributed by atoms with Crippen molar-refractivity contribution in [2.24, 2.45) is 0 Å². The standard InChI is InChI=1S/C13H17BrN2O/c1-9-6-12(7-10(2)13(9)14)16-4-5-17-11(3)8-15/h6-7,11,16H,4-5H2,1-3H3. The van der Waals surface area contributed by atoms with E-state index in [2.05, 4.69) is 47.2 Å². The number of halogens is 1. The van der Waals surface area contributed by atoms with Crippen molar-refractivity contribution in [1.82, 2.24) is 0 Å². The maximum atomic E-state index is 8.55. The summed E-state index contributed by atoms with van der Waals surface area (Å²) in [5.74, 6) is 0. The summed E-state index contributed by atoms with van der Waals surface area (Å²) in [6, 6.07) is 6.21. The van der Waals surface area contributed by atoms with Crippen molar-refractivity contribution in [3.63, 3.8) is 0 Å². The Hall–Kier alpha value is -1.05. The fraction of sp³-hybridized carbons (Fsp3) is 0.462. The van der Waals surface area contributed by atoms with Gasteiger partial charge in [-0.15, -0.1) is 0 Å². The van der Waals surface area contributed by atoms with Gasteiger partial charge in [0.05, 0.1) is 12.7 Å². The van der Waals surface area contributed by atoms with E-state index in [4.69, 9.17) is 10.00 Å². The van der Waals surface area contributed by atoms with Crippen molar-refractivity contribution in [2.45, 2.75) is 26.9 Å². The second kappa shape index (κ2) is 6.63. The molecule has 0 amide bonds. The Labute approximate surface area is 111 Å². The molecule has 0 aliphatic rings. The number of benzene rings is 1. The number of anilines is 1.